The number of hydrazine groups is 1. The molecule has 1 rings (SSSR count). The second-order valence-corrected chi connectivity index (χ2v) is 2.98. The summed E-state index contributed by atoms with van der Waals surface area (Å²) < 4.78 is 14.2. The lowest BCUT2D eigenvalue weighted by Gasteiger charge is -2.10. The molecule has 0 fully saturated rings. The Kier molecular flexibility index (Phi) is 2.46. The Morgan fingerprint density at radius 3 is 2.64 bits per heavy atom. The maximum Gasteiger partial charge on any atom is 0.151 e. The lowest BCUT2D eigenvalue weighted by atomic mass is 10.2. The third kappa shape index (κ3) is 1.70. The maximum absolute atomic E-state index is 13.1. The van der Waals surface area contributed by atoms with Gasteiger partial charge in [-0.3, -0.25) is 0 Å². The number of benzene rings is 1. The minimum atomic E-state index is -0.299. The van der Waals surface area contributed by atoms with E-state index in [0.717, 1.165) is 4.03 Å². The van der Waals surface area contributed by atoms with Crippen LogP contribution in [0.2, 0.25) is 0 Å². The Labute approximate surface area is 73.1 Å². The summed E-state index contributed by atoms with van der Waals surface area (Å²) in [6.07, 6.45) is 0. The monoisotopic (exact) mass is 218 g/mol. The average Bonchev–Trinajstić information content (AvgIpc) is 1.94. The van der Waals surface area contributed by atoms with Crippen molar-refractivity contribution in [2.24, 2.45) is 5.84 Å². The van der Waals surface area contributed by atoms with Crippen molar-refractivity contribution in [2.45, 2.75) is 6.92 Å². The summed E-state index contributed by atoms with van der Waals surface area (Å²) in [4.78, 5) is 0. The molecule has 0 aromatic heterocycles. The highest BCUT2D eigenvalue weighted by molar-refractivity contribution is 9.10. The molecule has 0 heterocycles. The van der Waals surface area contributed by atoms with Gasteiger partial charge in [-0.1, -0.05) is 12.1 Å². The molecule has 1 aromatic rings. The van der Waals surface area contributed by atoms with Crippen LogP contribution in [0.25, 0.3) is 0 Å². The van der Waals surface area contributed by atoms with Gasteiger partial charge in [0.05, 0.1) is 16.1 Å². The van der Waals surface area contributed by atoms with Gasteiger partial charge in [-0.2, -0.15) is 0 Å². The lowest BCUT2D eigenvalue weighted by Crippen LogP contribution is -2.19. The fraction of sp³-hybridized carbons (Fsp3) is 0.143. The molecule has 60 valence electrons. The van der Waals surface area contributed by atoms with Gasteiger partial charge in [0.1, 0.15) is 5.69 Å². The molecule has 0 saturated carbocycles. The van der Waals surface area contributed by atoms with E-state index in [9.17, 15) is 4.39 Å². The van der Waals surface area contributed by atoms with Crippen molar-refractivity contribution in [3.05, 3.63) is 29.6 Å². The quantitative estimate of drug-likeness (QED) is 0.445. The Hall–Kier alpha value is -0.610. The first kappa shape index (κ1) is 8.49. The van der Waals surface area contributed by atoms with Gasteiger partial charge in [-0.15, -0.1) is 0 Å². The third-order valence-electron chi connectivity index (χ3n) is 1.40. The van der Waals surface area contributed by atoms with Crippen LogP contribution in [0.5, 0.6) is 0 Å². The summed E-state index contributed by atoms with van der Waals surface area (Å²) in [6.45, 7) is 1.69. The van der Waals surface area contributed by atoms with Crippen molar-refractivity contribution in [1.82, 2.24) is 0 Å². The molecule has 0 amide bonds. The van der Waals surface area contributed by atoms with Crippen molar-refractivity contribution in [1.29, 1.82) is 0 Å². The normalized spacial score (nSPS) is 9.82. The first-order valence-electron chi connectivity index (χ1n) is 3.08. The van der Waals surface area contributed by atoms with Crippen molar-refractivity contribution >= 4 is 21.8 Å². The van der Waals surface area contributed by atoms with Crippen molar-refractivity contribution in [3.8, 4) is 0 Å². The van der Waals surface area contributed by atoms with Crippen LogP contribution in [0.4, 0.5) is 10.1 Å². The SMILES string of the molecule is Cc1cccc(N(N)Br)c1F. The van der Waals surface area contributed by atoms with E-state index in [2.05, 4.69) is 16.1 Å². The molecule has 0 unspecified atom stereocenters. The number of hydrogen-bond donors (Lipinski definition) is 1. The topological polar surface area (TPSA) is 29.3 Å². The van der Waals surface area contributed by atoms with Crippen LogP contribution in [0.15, 0.2) is 18.2 Å². The minimum Gasteiger partial charge on any atom is -0.242 e. The predicted molar refractivity (Wildman–Crippen MR) is 46.7 cm³/mol. The molecule has 0 radical (unpaired) electrons. The van der Waals surface area contributed by atoms with Crippen LogP contribution >= 0.6 is 16.1 Å². The second kappa shape index (κ2) is 3.19. The molecular weight excluding hydrogens is 211 g/mol. The Balaban J connectivity index is 3.17. The van der Waals surface area contributed by atoms with E-state index >= 15 is 0 Å². The van der Waals surface area contributed by atoms with Crippen LogP contribution in [-0.2, 0) is 0 Å². The molecule has 0 bridgehead atoms. The molecule has 2 nitrogen and oxygen atoms in total. The summed E-state index contributed by atoms with van der Waals surface area (Å²) in [6, 6.07) is 5.03. The molecule has 0 aliphatic rings. The van der Waals surface area contributed by atoms with E-state index in [4.69, 9.17) is 5.84 Å². The predicted octanol–water partition coefficient (Wildman–Crippen LogP) is 2.12. The zero-order valence-corrected chi connectivity index (χ0v) is 7.60. The lowest BCUT2D eigenvalue weighted by molar-refractivity contribution is 0.619. The van der Waals surface area contributed by atoms with Gasteiger partial charge in [-0.25, -0.2) is 14.3 Å². The molecule has 11 heavy (non-hydrogen) atoms. The smallest absolute Gasteiger partial charge is 0.151 e. The van der Waals surface area contributed by atoms with Gasteiger partial charge in [0.2, 0.25) is 0 Å². The van der Waals surface area contributed by atoms with Gasteiger partial charge in [0.15, 0.2) is 5.82 Å². The number of aryl methyl sites for hydroxylation is 1. The highest BCUT2D eigenvalue weighted by Gasteiger charge is 2.06. The van der Waals surface area contributed by atoms with Crippen LogP contribution in [-0.4, -0.2) is 0 Å². The number of halogens is 2. The van der Waals surface area contributed by atoms with Crippen LogP contribution in [0.1, 0.15) is 5.56 Å². The van der Waals surface area contributed by atoms with Crippen LogP contribution in [0, 0.1) is 12.7 Å². The Morgan fingerprint density at radius 1 is 1.55 bits per heavy atom. The van der Waals surface area contributed by atoms with Gasteiger partial charge in [-0.05, 0) is 18.6 Å². The van der Waals surface area contributed by atoms with Crippen molar-refractivity contribution in [2.75, 3.05) is 4.03 Å². The Bertz CT molecular complexity index is 263. The van der Waals surface area contributed by atoms with Gasteiger partial charge < -0.3 is 0 Å². The van der Waals surface area contributed by atoms with Gasteiger partial charge in [0, 0.05) is 0 Å². The summed E-state index contributed by atoms with van der Waals surface area (Å²) in [5, 5.41) is 0. The standard InChI is InChI=1S/C7H8BrFN2/c1-5-3-2-4-6(7(5)9)11(8)10/h2-4H,10H2,1H3. The molecular formula is C7H8BrFN2. The molecule has 0 atom stereocenters. The van der Waals surface area contributed by atoms with Crippen molar-refractivity contribution < 1.29 is 4.39 Å². The number of anilines is 1. The van der Waals surface area contributed by atoms with Gasteiger partial charge in [0.25, 0.3) is 0 Å². The fourth-order valence-electron chi connectivity index (χ4n) is 0.797. The van der Waals surface area contributed by atoms with E-state index in [1.807, 2.05) is 0 Å². The van der Waals surface area contributed by atoms with Crippen molar-refractivity contribution in [3.63, 3.8) is 0 Å². The van der Waals surface area contributed by atoms with E-state index in [1.165, 1.54) is 0 Å². The molecule has 4 heteroatoms. The molecule has 0 spiro atoms. The molecule has 0 saturated heterocycles. The maximum atomic E-state index is 13.1. The number of hydrogen-bond acceptors (Lipinski definition) is 2. The zero-order valence-electron chi connectivity index (χ0n) is 6.01. The summed E-state index contributed by atoms with van der Waals surface area (Å²) >= 11 is 2.94. The summed E-state index contributed by atoms with van der Waals surface area (Å²) in [5.74, 6) is 4.99. The van der Waals surface area contributed by atoms with E-state index in [0.29, 0.717) is 11.3 Å². The van der Waals surface area contributed by atoms with E-state index < -0.39 is 0 Å². The third-order valence-corrected chi connectivity index (χ3v) is 1.78. The fourth-order valence-corrected chi connectivity index (χ4v) is 1.07. The molecule has 0 aliphatic carbocycles. The summed E-state index contributed by atoms with van der Waals surface area (Å²) in [7, 11) is 0. The Morgan fingerprint density at radius 2 is 2.18 bits per heavy atom. The first-order valence-corrected chi connectivity index (χ1v) is 3.79. The van der Waals surface area contributed by atoms with Crippen LogP contribution in [0.3, 0.4) is 0 Å². The zero-order chi connectivity index (χ0) is 8.43. The molecule has 0 aliphatic heterocycles. The van der Waals surface area contributed by atoms with Gasteiger partial charge >= 0.3 is 0 Å². The minimum absolute atomic E-state index is 0.299. The largest absolute Gasteiger partial charge is 0.242 e. The highest BCUT2D eigenvalue weighted by Crippen LogP contribution is 2.21. The number of nitrogens with zero attached hydrogens (tertiary/aromatic N) is 1. The average molecular weight is 219 g/mol. The second-order valence-electron chi connectivity index (χ2n) is 2.22. The summed E-state index contributed by atoms with van der Waals surface area (Å²) in [5.41, 5.74) is 0.919. The number of rotatable bonds is 1. The molecule has 1 aromatic carbocycles. The van der Waals surface area contributed by atoms with E-state index in [-0.39, 0.29) is 5.82 Å². The first-order chi connectivity index (χ1) is 5.13. The van der Waals surface area contributed by atoms with Crippen LogP contribution < -0.4 is 9.88 Å². The highest BCUT2D eigenvalue weighted by atomic mass is 79.9. The molecule has 2 N–H and O–H groups in total. The van der Waals surface area contributed by atoms with E-state index in [1.54, 1.807) is 25.1 Å². The number of nitrogens with two attached hydrogens (primary N) is 1.